The van der Waals surface area contributed by atoms with E-state index in [0.29, 0.717) is 10.4 Å². The third-order valence-electron chi connectivity index (χ3n) is 3.61. The van der Waals surface area contributed by atoms with Gasteiger partial charge in [-0.2, -0.15) is 0 Å². The van der Waals surface area contributed by atoms with E-state index in [1.807, 2.05) is 6.92 Å². The smallest absolute Gasteiger partial charge is 0.265 e. The lowest BCUT2D eigenvalue weighted by molar-refractivity contribution is 0.334. The summed E-state index contributed by atoms with van der Waals surface area (Å²) in [5.41, 5.74) is 0.840. The van der Waals surface area contributed by atoms with Crippen LogP contribution in [0.2, 0.25) is 0 Å². The summed E-state index contributed by atoms with van der Waals surface area (Å²) in [5.74, 6) is 2.07. The number of hydrogen-bond donors (Lipinski definition) is 1. The van der Waals surface area contributed by atoms with Crippen LogP contribution in [0.1, 0.15) is 57.0 Å². The zero-order valence-electron chi connectivity index (χ0n) is 10.4. The second kappa shape index (κ2) is 5.34. The zero-order chi connectivity index (χ0) is 12.4. The van der Waals surface area contributed by atoms with Gasteiger partial charge in [-0.05, 0) is 41.1 Å². The van der Waals surface area contributed by atoms with E-state index in [9.17, 15) is 4.79 Å². The summed E-state index contributed by atoms with van der Waals surface area (Å²) in [4.78, 5) is 19.3. The van der Waals surface area contributed by atoms with Crippen molar-refractivity contribution in [2.75, 3.05) is 0 Å². The molecule has 2 unspecified atom stereocenters. The van der Waals surface area contributed by atoms with E-state index in [0.717, 1.165) is 36.7 Å². The average Bonchev–Trinajstić information content (AvgIpc) is 2.32. The predicted molar refractivity (Wildman–Crippen MR) is 72.3 cm³/mol. The summed E-state index contributed by atoms with van der Waals surface area (Å²) < 4.78 is 0.590. The van der Waals surface area contributed by atoms with Crippen molar-refractivity contribution in [1.29, 1.82) is 0 Å². The van der Waals surface area contributed by atoms with Gasteiger partial charge in [0.2, 0.25) is 0 Å². The lowest BCUT2D eigenvalue weighted by atomic mass is 9.82. The van der Waals surface area contributed by atoms with Crippen LogP contribution >= 0.6 is 15.9 Å². The van der Waals surface area contributed by atoms with Crippen molar-refractivity contribution < 1.29 is 0 Å². The highest BCUT2D eigenvalue weighted by molar-refractivity contribution is 9.10. The van der Waals surface area contributed by atoms with Crippen LogP contribution in [0.4, 0.5) is 0 Å². The molecule has 1 fully saturated rings. The fourth-order valence-electron chi connectivity index (χ4n) is 2.63. The van der Waals surface area contributed by atoms with Crippen molar-refractivity contribution in [1.82, 2.24) is 9.97 Å². The summed E-state index contributed by atoms with van der Waals surface area (Å²) >= 11 is 3.30. The van der Waals surface area contributed by atoms with Crippen LogP contribution in [0.25, 0.3) is 0 Å². The molecule has 17 heavy (non-hydrogen) atoms. The molecule has 1 aromatic rings. The van der Waals surface area contributed by atoms with Crippen LogP contribution < -0.4 is 5.56 Å². The van der Waals surface area contributed by atoms with E-state index in [4.69, 9.17) is 0 Å². The summed E-state index contributed by atoms with van der Waals surface area (Å²) in [6.07, 6.45) is 5.64. The van der Waals surface area contributed by atoms with Gasteiger partial charge in [-0.25, -0.2) is 4.98 Å². The Hall–Kier alpha value is -0.640. The topological polar surface area (TPSA) is 45.8 Å². The fraction of sp³-hybridized carbons (Fsp3) is 0.692. The number of aromatic amines is 1. The van der Waals surface area contributed by atoms with Crippen LogP contribution in [-0.2, 0) is 6.42 Å². The van der Waals surface area contributed by atoms with Crippen molar-refractivity contribution in [2.24, 2.45) is 5.92 Å². The van der Waals surface area contributed by atoms with Gasteiger partial charge in [-0.15, -0.1) is 0 Å². The minimum atomic E-state index is -0.0370. The quantitative estimate of drug-likeness (QED) is 0.910. The number of nitrogens with zero attached hydrogens (tertiary/aromatic N) is 1. The van der Waals surface area contributed by atoms with Gasteiger partial charge in [-0.1, -0.05) is 26.7 Å². The highest BCUT2D eigenvalue weighted by Gasteiger charge is 2.23. The van der Waals surface area contributed by atoms with Gasteiger partial charge in [0, 0.05) is 5.92 Å². The molecule has 1 N–H and O–H groups in total. The molecule has 3 nitrogen and oxygen atoms in total. The number of H-pyrrole nitrogens is 1. The van der Waals surface area contributed by atoms with Crippen LogP contribution in [-0.4, -0.2) is 9.97 Å². The highest BCUT2D eigenvalue weighted by Crippen LogP contribution is 2.34. The Morgan fingerprint density at radius 2 is 2.24 bits per heavy atom. The Labute approximate surface area is 110 Å². The molecule has 94 valence electrons. The van der Waals surface area contributed by atoms with Gasteiger partial charge in [0.05, 0.1) is 5.69 Å². The Morgan fingerprint density at radius 3 is 2.88 bits per heavy atom. The average molecular weight is 299 g/mol. The van der Waals surface area contributed by atoms with Crippen molar-refractivity contribution in [3.05, 3.63) is 26.3 Å². The van der Waals surface area contributed by atoms with E-state index >= 15 is 0 Å². The minimum absolute atomic E-state index is 0.0370. The van der Waals surface area contributed by atoms with E-state index in [1.54, 1.807) is 0 Å². The molecule has 1 aliphatic carbocycles. The standard InChI is InChI=1S/C13H19BrN2O/c1-3-10-11(14)13(17)16-12(15-10)9-6-4-5-8(2)7-9/h8-9H,3-7H2,1-2H3,(H,15,16,17). The van der Waals surface area contributed by atoms with Crippen LogP contribution in [0.3, 0.4) is 0 Å². The Kier molecular flexibility index (Phi) is 4.02. The lowest BCUT2D eigenvalue weighted by Crippen LogP contribution is -2.21. The van der Waals surface area contributed by atoms with Gasteiger partial charge in [0.15, 0.2) is 0 Å². The summed E-state index contributed by atoms with van der Waals surface area (Å²) in [6.45, 7) is 4.31. The molecule has 2 rings (SSSR count). The molecule has 0 spiro atoms. The molecule has 0 aromatic carbocycles. The number of aryl methyl sites for hydroxylation is 1. The van der Waals surface area contributed by atoms with Gasteiger partial charge < -0.3 is 4.98 Å². The monoisotopic (exact) mass is 298 g/mol. The molecule has 1 aromatic heterocycles. The Morgan fingerprint density at radius 1 is 1.47 bits per heavy atom. The maximum atomic E-state index is 11.8. The maximum absolute atomic E-state index is 11.8. The molecule has 2 atom stereocenters. The summed E-state index contributed by atoms with van der Waals surface area (Å²) in [7, 11) is 0. The summed E-state index contributed by atoms with van der Waals surface area (Å²) in [5, 5.41) is 0. The van der Waals surface area contributed by atoms with Crippen LogP contribution in [0.5, 0.6) is 0 Å². The minimum Gasteiger partial charge on any atom is -0.309 e. The highest BCUT2D eigenvalue weighted by atomic mass is 79.9. The van der Waals surface area contributed by atoms with Crippen molar-refractivity contribution in [3.63, 3.8) is 0 Å². The molecule has 0 aliphatic heterocycles. The maximum Gasteiger partial charge on any atom is 0.265 e. The van der Waals surface area contributed by atoms with Gasteiger partial charge in [0.25, 0.3) is 5.56 Å². The number of hydrogen-bond acceptors (Lipinski definition) is 2. The first-order valence-electron chi connectivity index (χ1n) is 6.40. The van der Waals surface area contributed by atoms with Crippen LogP contribution in [0, 0.1) is 5.92 Å². The molecular formula is C13H19BrN2O. The molecule has 0 radical (unpaired) electrons. The first kappa shape index (κ1) is 12.8. The third kappa shape index (κ3) is 2.79. The number of nitrogens with one attached hydrogen (secondary N) is 1. The molecule has 1 heterocycles. The van der Waals surface area contributed by atoms with Crippen molar-refractivity contribution in [2.45, 2.75) is 51.9 Å². The van der Waals surface area contributed by atoms with Crippen molar-refractivity contribution >= 4 is 15.9 Å². The number of rotatable bonds is 2. The van der Waals surface area contributed by atoms with Crippen LogP contribution in [0.15, 0.2) is 9.27 Å². The normalized spacial score (nSPS) is 24.9. The SMILES string of the molecule is CCc1nc(C2CCCC(C)C2)[nH]c(=O)c1Br. The third-order valence-corrected chi connectivity index (χ3v) is 4.43. The molecule has 4 heteroatoms. The second-order valence-corrected chi connectivity index (χ2v) is 5.83. The first-order chi connectivity index (χ1) is 8.11. The Balaban J connectivity index is 2.32. The van der Waals surface area contributed by atoms with Gasteiger partial charge in [-0.3, -0.25) is 4.79 Å². The number of aromatic nitrogens is 2. The summed E-state index contributed by atoms with van der Waals surface area (Å²) in [6, 6.07) is 0. The van der Waals surface area contributed by atoms with E-state index < -0.39 is 0 Å². The molecular weight excluding hydrogens is 280 g/mol. The lowest BCUT2D eigenvalue weighted by Gasteiger charge is -2.26. The largest absolute Gasteiger partial charge is 0.309 e. The first-order valence-corrected chi connectivity index (χ1v) is 7.19. The van der Waals surface area contributed by atoms with Gasteiger partial charge >= 0.3 is 0 Å². The molecule has 0 bridgehead atoms. The van der Waals surface area contributed by atoms with Crippen molar-refractivity contribution in [3.8, 4) is 0 Å². The van der Waals surface area contributed by atoms with E-state index in [1.165, 1.54) is 12.8 Å². The fourth-order valence-corrected chi connectivity index (χ4v) is 3.10. The number of halogens is 1. The van der Waals surface area contributed by atoms with E-state index in [-0.39, 0.29) is 5.56 Å². The molecule has 0 saturated heterocycles. The molecule has 0 amide bonds. The van der Waals surface area contributed by atoms with Gasteiger partial charge in [0.1, 0.15) is 10.3 Å². The predicted octanol–water partition coefficient (Wildman–Crippen LogP) is 3.39. The Bertz CT molecular complexity index is 455. The zero-order valence-corrected chi connectivity index (χ0v) is 12.0. The molecule has 1 aliphatic rings. The van der Waals surface area contributed by atoms with E-state index in [2.05, 4.69) is 32.8 Å². The molecule has 1 saturated carbocycles. The second-order valence-electron chi connectivity index (χ2n) is 5.03.